The van der Waals surface area contributed by atoms with E-state index in [-0.39, 0.29) is 6.03 Å². The van der Waals surface area contributed by atoms with Gasteiger partial charge in [-0.1, -0.05) is 30.3 Å². The van der Waals surface area contributed by atoms with Crippen molar-refractivity contribution in [1.82, 2.24) is 14.9 Å². The third-order valence-electron chi connectivity index (χ3n) is 4.53. The summed E-state index contributed by atoms with van der Waals surface area (Å²) < 4.78 is 5.80. The number of rotatable bonds is 7. The highest BCUT2D eigenvalue weighted by atomic mass is 16.5. The maximum atomic E-state index is 13.0. The van der Waals surface area contributed by atoms with Gasteiger partial charge in [0.1, 0.15) is 11.5 Å². The Bertz CT molecular complexity index is 1050. The standard InChI is InChI=1S/C25H22N4O2/c30-25(28-20-12-14-24(15-13-20)31-23-10-2-1-3-11-23)29(18-21-8-4-6-16-26-21)19-22-9-5-7-17-27-22/h1-17H,18-19H2,(H,28,30). The minimum absolute atomic E-state index is 0.229. The molecule has 0 atom stereocenters. The number of anilines is 1. The first-order valence-electron chi connectivity index (χ1n) is 9.95. The number of nitrogens with zero attached hydrogens (tertiary/aromatic N) is 3. The molecule has 0 spiro atoms. The van der Waals surface area contributed by atoms with E-state index in [2.05, 4.69) is 15.3 Å². The Morgan fingerprint density at radius 1 is 0.710 bits per heavy atom. The Kier molecular flexibility index (Phi) is 6.50. The molecule has 0 aliphatic rings. The molecular formula is C25H22N4O2. The summed E-state index contributed by atoms with van der Waals surface area (Å²) in [6, 6.07) is 27.9. The number of hydrogen-bond donors (Lipinski definition) is 1. The summed E-state index contributed by atoms with van der Waals surface area (Å²) in [5.74, 6) is 1.46. The van der Waals surface area contributed by atoms with Crippen LogP contribution >= 0.6 is 0 Å². The van der Waals surface area contributed by atoms with E-state index in [1.54, 1.807) is 17.3 Å². The Morgan fingerprint density at radius 2 is 1.26 bits per heavy atom. The van der Waals surface area contributed by atoms with E-state index < -0.39 is 0 Å². The first kappa shape index (κ1) is 20.1. The highest BCUT2D eigenvalue weighted by Gasteiger charge is 2.16. The minimum atomic E-state index is -0.229. The van der Waals surface area contributed by atoms with Crippen LogP contribution in [0.25, 0.3) is 0 Å². The molecule has 0 fully saturated rings. The maximum Gasteiger partial charge on any atom is 0.322 e. The zero-order chi connectivity index (χ0) is 21.3. The molecule has 2 aromatic carbocycles. The molecule has 2 amide bonds. The average molecular weight is 410 g/mol. The Labute approximate surface area is 181 Å². The molecule has 0 saturated heterocycles. The molecule has 2 heterocycles. The van der Waals surface area contributed by atoms with Crippen LogP contribution in [0.2, 0.25) is 0 Å². The zero-order valence-electron chi connectivity index (χ0n) is 16.9. The van der Waals surface area contributed by atoms with Gasteiger partial charge < -0.3 is 15.0 Å². The molecule has 0 unspecified atom stereocenters. The fraction of sp³-hybridized carbons (Fsp3) is 0.0800. The monoisotopic (exact) mass is 410 g/mol. The second-order valence-corrected chi connectivity index (χ2v) is 6.87. The predicted molar refractivity (Wildman–Crippen MR) is 120 cm³/mol. The van der Waals surface area contributed by atoms with E-state index in [0.717, 1.165) is 17.1 Å². The van der Waals surface area contributed by atoms with E-state index in [1.165, 1.54) is 0 Å². The average Bonchev–Trinajstić information content (AvgIpc) is 2.82. The number of aromatic nitrogens is 2. The van der Waals surface area contributed by atoms with Crippen molar-refractivity contribution in [2.45, 2.75) is 13.1 Å². The van der Waals surface area contributed by atoms with Crippen LogP contribution in [-0.2, 0) is 13.1 Å². The number of carbonyl (C=O) groups is 1. The molecule has 0 radical (unpaired) electrons. The molecule has 0 bridgehead atoms. The SMILES string of the molecule is O=C(Nc1ccc(Oc2ccccc2)cc1)N(Cc1ccccn1)Cc1ccccn1. The number of nitrogens with one attached hydrogen (secondary N) is 1. The number of amides is 2. The van der Waals surface area contributed by atoms with Crippen molar-refractivity contribution in [2.24, 2.45) is 0 Å². The molecule has 4 aromatic rings. The first-order valence-corrected chi connectivity index (χ1v) is 9.95. The maximum absolute atomic E-state index is 13.0. The second-order valence-electron chi connectivity index (χ2n) is 6.87. The highest BCUT2D eigenvalue weighted by molar-refractivity contribution is 5.89. The van der Waals surface area contributed by atoms with Crippen molar-refractivity contribution in [2.75, 3.05) is 5.32 Å². The van der Waals surface area contributed by atoms with Crippen molar-refractivity contribution in [3.8, 4) is 11.5 Å². The molecule has 4 rings (SSSR count). The van der Waals surface area contributed by atoms with Gasteiger partial charge in [-0.15, -0.1) is 0 Å². The highest BCUT2D eigenvalue weighted by Crippen LogP contribution is 2.23. The summed E-state index contributed by atoms with van der Waals surface area (Å²) in [6.07, 6.45) is 3.44. The van der Waals surface area contributed by atoms with Gasteiger partial charge in [-0.2, -0.15) is 0 Å². The number of para-hydroxylation sites is 1. The molecule has 6 heteroatoms. The fourth-order valence-electron chi connectivity index (χ4n) is 3.01. The topological polar surface area (TPSA) is 67.3 Å². The van der Waals surface area contributed by atoms with E-state index in [4.69, 9.17) is 4.74 Å². The van der Waals surface area contributed by atoms with Crippen molar-refractivity contribution in [1.29, 1.82) is 0 Å². The largest absolute Gasteiger partial charge is 0.457 e. The van der Waals surface area contributed by atoms with E-state index in [9.17, 15) is 4.79 Å². The van der Waals surface area contributed by atoms with Gasteiger partial charge in [-0.25, -0.2) is 4.79 Å². The lowest BCUT2D eigenvalue weighted by Crippen LogP contribution is -2.34. The molecule has 154 valence electrons. The summed E-state index contributed by atoms with van der Waals surface area (Å²) in [7, 11) is 0. The van der Waals surface area contributed by atoms with Gasteiger partial charge in [0.2, 0.25) is 0 Å². The van der Waals surface area contributed by atoms with Crippen LogP contribution < -0.4 is 10.1 Å². The number of urea groups is 1. The molecule has 1 N–H and O–H groups in total. The fourth-order valence-corrected chi connectivity index (χ4v) is 3.01. The first-order chi connectivity index (χ1) is 15.3. The third kappa shape index (κ3) is 5.90. The summed E-state index contributed by atoms with van der Waals surface area (Å²) in [4.78, 5) is 23.4. The smallest absolute Gasteiger partial charge is 0.322 e. The van der Waals surface area contributed by atoms with Crippen LogP contribution in [0.1, 0.15) is 11.4 Å². The van der Waals surface area contributed by atoms with Crippen molar-refractivity contribution in [3.63, 3.8) is 0 Å². The number of carbonyl (C=O) groups excluding carboxylic acids is 1. The van der Waals surface area contributed by atoms with Gasteiger partial charge in [0.15, 0.2) is 0 Å². The van der Waals surface area contributed by atoms with Gasteiger partial charge in [0, 0.05) is 18.1 Å². The normalized spacial score (nSPS) is 10.3. The Balaban J connectivity index is 1.44. The molecule has 31 heavy (non-hydrogen) atoms. The summed E-state index contributed by atoms with van der Waals surface area (Å²) in [5, 5.41) is 2.95. The molecular weight excluding hydrogens is 388 g/mol. The summed E-state index contributed by atoms with van der Waals surface area (Å²) in [5.41, 5.74) is 2.29. The Morgan fingerprint density at radius 3 is 1.81 bits per heavy atom. The lowest BCUT2D eigenvalue weighted by atomic mass is 10.2. The molecule has 6 nitrogen and oxygen atoms in total. The van der Waals surface area contributed by atoms with Crippen LogP contribution in [0.15, 0.2) is 103 Å². The molecule has 0 aliphatic heterocycles. The third-order valence-corrected chi connectivity index (χ3v) is 4.53. The van der Waals surface area contributed by atoms with Gasteiger partial charge in [0.05, 0.1) is 24.5 Å². The molecule has 0 saturated carbocycles. The van der Waals surface area contributed by atoms with Crippen LogP contribution in [0.4, 0.5) is 10.5 Å². The predicted octanol–water partition coefficient (Wildman–Crippen LogP) is 5.50. The Hall–Kier alpha value is -4.19. The number of pyridine rings is 2. The van der Waals surface area contributed by atoms with Crippen LogP contribution in [-0.4, -0.2) is 20.9 Å². The summed E-state index contributed by atoms with van der Waals surface area (Å²) in [6.45, 7) is 0.747. The van der Waals surface area contributed by atoms with E-state index >= 15 is 0 Å². The molecule has 0 aliphatic carbocycles. The van der Waals surface area contributed by atoms with Gasteiger partial charge >= 0.3 is 6.03 Å². The molecule has 2 aromatic heterocycles. The van der Waals surface area contributed by atoms with Crippen LogP contribution in [0, 0.1) is 0 Å². The van der Waals surface area contributed by atoms with Crippen molar-refractivity contribution in [3.05, 3.63) is 115 Å². The van der Waals surface area contributed by atoms with Crippen molar-refractivity contribution >= 4 is 11.7 Å². The number of ether oxygens (including phenoxy) is 1. The minimum Gasteiger partial charge on any atom is -0.457 e. The zero-order valence-corrected chi connectivity index (χ0v) is 16.9. The summed E-state index contributed by atoms with van der Waals surface area (Å²) >= 11 is 0. The van der Waals surface area contributed by atoms with E-state index in [0.29, 0.717) is 24.5 Å². The van der Waals surface area contributed by atoms with Gasteiger partial charge in [0.25, 0.3) is 0 Å². The van der Waals surface area contributed by atoms with E-state index in [1.807, 2.05) is 91.0 Å². The second kappa shape index (κ2) is 10.0. The lowest BCUT2D eigenvalue weighted by molar-refractivity contribution is 0.205. The van der Waals surface area contributed by atoms with Crippen LogP contribution in [0.5, 0.6) is 11.5 Å². The van der Waals surface area contributed by atoms with Gasteiger partial charge in [-0.3, -0.25) is 9.97 Å². The van der Waals surface area contributed by atoms with Gasteiger partial charge in [-0.05, 0) is 60.7 Å². The number of benzene rings is 2. The van der Waals surface area contributed by atoms with Crippen molar-refractivity contribution < 1.29 is 9.53 Å². The van der Waals surface area contributed by atoms with Crippen LogP contribution in [0.3, 0.4) is 0 Å². The number of hydrogen-bond acceptors (Lipinski definition) is 4. The quantitative estimate of drug-likeness (QED) is 0.437. The lowest BCUT2D eigenvalue weighted by Gasteiger charge is -2.22.